The van der Waals surface area contributed by atoms with E-state index >= 15 is 0 Å². The number of nitrogens with zero attached hydrogens (tertiary/aromatic N) is 4. The number of rotatable bonds is 1. The Bertz CT molecular complexity index is 542. The molecule has 72 valence electrons. The molecule has 1 aliphatic carbocycles. The fraction of sp³-hybridized carbons (Fsp3) is 0.500. The highest BCUT2D eigenvalue weighted by Gasteiger charge is 2.36. The smallest absolute Gasteiger partial charge is 0.166 e. The molecule has 0 aliphatic heterocycles. The van der Waals surface area contributed by atoms with Crippen molar-refractivity contribution in [2.75, 3.05) is 0 Å². The van der Waals surface area contributed by atoms with Gasteiger partial charge in [0.2, 0.25) is 0 Å². The molecule has 5 nitrogen and oxygen atoms in total. The van der Waals surface area contributed by atoms with E-state index in [1.54, 1.807) is 6.33 Å². The summed E-state index contributed by atoms with van der Waals surface area (Å²) in [7, 11) is 0. The number of nitrogens with one attached hydrogen (secondary N) is 1. The second-order valence-electron chi connectivity index (χ2n) is 3.72. The molecule has 2 aromatic rings. The first-order valence-electron chi connectivity index (χ1n) is 4.56. The average molecular weight is 207 g/mol. The van der Waals surface area contributed by atoms with Crippen molar-refractivity contribution < 1.29 is 0 Å². The molecule has 6 heteroatoms. The third kappa shape index (κ3) is 1.00. The number of hydrogen-bond acceptors (Lipinski definition) is 4. The second kappa shape index (κ2) is 2.60. The molecule has 1 saturated carbocycles. The molecule has 1 N–H and O–H groups in total. The molecule has 0 aromatic carbocycles. The van der Waals surface area contributed by atoms with Crippen LogP contribution in [0.25, 0.3) is 11.2 Å². The van der Waals surface area contributed by atoms with E-state index in [1.807, 2.05) is 4.68 Å². The van der Waals surface area contributed by atoms with E-state index in [2.05, 4.69) is 27.2 Å². The summed E-state index contributed by atoms with van der Waals surface area (Å²) in [6.45, 7) is 2.20. The summed E-state index contributed by atoms with van der Waals surface area (Å²) < 4.78 is 2.43. The molecular weight excluding hydrogens is 198 g/mol. The Kier molecular flexibility index (Phi) is 1.49. The Balaban J connectivity index is 2.27. The van der Waals surface area contributed by atoms with Crippen LogP contribution >= 0.6 is 12.2 Å². The molecule has 0 amide bonds. The van der Waals surface area contributed by atoms with E-state index in [1.165, 1.54) is 6.42 Å². The van der Waals surface area contributed by atoms with Crippen LogP contribution in [0.15, 0.2) is 6.33 Å². The summed E-state index contributed by atoms with van der Waals surface area (Å²) in [6.07, 6.45) is 2.76. The maximum atomic E-state index is 5.06. The fourth-order valence-electron chi connectivity index (χ4n) is 1.66. The van der Waals surface area contributed by atoms with Crippen molar-refractivity contribution >= 4 is 23.4 Å². The topological polar surface area (TPSA) is 59.4 Å². The molecule has 14 heavy (non-hydrogen) atoms. The van der Waals surface area contributed by atoms with Crippen LogP contribution in [0.1, 0.15) is 19.4 Å². The molecule has 2 unspecified atom stereocenters. The molecule has 2 aromatic heterocycles. The largest absolute Gasteiger partial charge is 0.329 e. The predicted octanol–water partition coefficient (Wildman–Crippen LogP) is 1.46. The van der Waals surface area contributed by atoms with Crippen LogP contribution in [-0.2, 0) is 0 Å². The highest BCUT2D eigenvalue weighted by atomic mass is 32.1. The standard InChI is InChI=1S/C8H9N5S/c1-4-2-5(4)13-7-6(11-12-13)8(14)10-3-9-7/h3-5H,2H2,1H3,(H,9,10,14). The zero-order chi connectivity index (χ0) is 9.71. The zero-order valence-corrected chi connectivity index (χ0v) is 8.45. The van der Waals surface area contributed by atoms with Crippen LogP contribution in [0.5, 0.6) is 0 Å². The summed E-state index contributed by atoms with van der Waals surface area (Å²) in [6, 6.07) is 0.480. The van der Waals surface area contributed by atoms with E-state index in [0.717, 1.165) is 5.65 Å². The van der Waals surface area contributed by atoms with E-state index < -0.39 is 0 Å². The van der Waals surface area contributed by atoms with Gasteiger partial charge >= 0.3 is 0 Å². The Hall–Kier alpha value is -1.30. The average Bonchev–Trinajstić information content (AvgIpc) is 2.75. The van der Waals surface area contributed by atoms with Crippen molar-refractivity contribution in [1.29, 1.82) is 0 Å². The summed E-state index contributed by atoms with van der Waals surface area (Å²) in [5, 5.41) is 8.13. The number of H-pyrrole nitrogens is 1. The van der Waals surface area contributed by atoms with Crippen LogP contribution in [0.3, 0.4) is 0 Å². The quantitative estimate of drug-likeness (QED) is 0.719. The summed E-state index contributed by atoms with van der Waals surface area (Å²) in [5.41, 5.74) is 1.58. The van der Waals surface area contributed by atoms with Gasteiger partial charge in [-0.25, -0.2) is 9.67 Å². The SMILES string of the molecule is CC1CC1n1nnc2c(=S)nc[nH]c21. The van der Waals surface area contributed by atoms with Gasteiger partial charge in [0.05, 0.1) is 12.4 Å². The number of hydrogen-bond donors (Lipinski definition) is 1. The molecular formula is C8H9N5S. The van der Waals surface area contributed by atoms with Gasteiger partial charge in [-0.1, -0.05) is 24.4 Å². The van der Waals surface area contributed by atoms with Gasteiger partial charge < -0.3 is 4.98 Å². The Labute approximate surface area is 85.2 Å². The van der Waals surface area contributed by atoms with Gasteiger partial charge in [0.25, 0.3) is 0 Å². The maximum absolute atomic E-state index is 5.06. The minimum absolute atomic E-state index is 0.480. The van der Waals surface area contributed by atoms with Crippen molar-refractivity contribution in [3.63, 3.8) is 0 Å². The van der Waals surface area contributed by atoms with Gasteiger partial charge in [-0.05, 0) is 12.3 Å². The summed E-state index contributed by atoms with van der Waals surface area (Å²) in [4.78, 5) is 7.01. The second-order valence-corrected chi connectivity index (χ2v) is 4.11. The summed E-state index contributed by atoms with van der Waals surface area (Å²) in [5.74, 6) is 0.690. The summed E-state index contributed by atoms with van der Waals surface area (Å²) >= 11 is 5.06. The first-order valence-corrected chi connectivity index (χ1v) is 4.97. The maximum Gasteiger partial charge on any atom is 0.166 e. The van der Waals surface area contributed by atoms with E-state index in [-0.39, 0.29) is 0 Å². The van der Waals surface area contributed by atoms with Gasteiger partial charge in [0, 0.05) is 0 Å². The lowest BCUT2D eigenvalue weighted by molar-refractivity contribution is 0.592. The van der Waals surface area contributed by atoms with Crippen molar-refractivity contribution in [2.45, 2.75) is 19.4 Å². The van der Waals surface area contributed by atoms with Gasteiger partial charge in [-0.3, -0.25) is 0 Å². The fourth-order valence-corrected chi connectivity index (χ4v) is 1.85. The molecule has 3 rings (SSSR count). The Morgan fingerprint density at radius 2 is 2.43 bits per heavy atom. The van der Waals surface area contributed by atoms with Crippen LogP contribution < -0.4 is 0 Å². The predicted molar refractivity (Wildman–Crippen MR) is 53.3 cm³/mol. The number of aromatic nitrogens is 5. The van der Waals surface area contributed by atoms with Crippen molar-refractivity contribution in [1.82, 2.24) is 25.0 Å². The monoisotopic (exact) mass is 207 g/mol. The van der Waals surface area contributed by atoms with Gasteiger partial charge in [0.1, 0.15) is 0 Å². The third-order valence-corrected chi connectivity index (χ3v) is 2.96. The third-order valence-electron chi connectivity index (χ3n) is 2.66. The number of fused-ring (bicyclic) bond motifs is 1. The first kappa shape index (κ1) is 8.05. The molecule has 1 aliphatic rings. The van der Waals surface area contributed by atoms with E-state index in [4.69, 9.17) is 12.2 Å². The minimum Gasteiger partial charge on any atom is -0.329 e. The highest BCUT2D eigenvalue weighted by Crippen LogP contribution is 2.42. The van der Waals surface area contributed by atoms with Crippen LogP contribution in [-0.4, -0.2) is 25.0 Å². The van der Waals surface area contributed by atoms with Gasteiger partial charge in [-0.15, -0.1) is 5.10 Å². The van der Waals surface area contributed by atoms with Gasteiger partial charge in [0.15, 0.2) is 15.8 Å². The van der Waals surface area contributed by atoms with Crippen molar-refractivity contribution in [3.05, 3.63) is 11.0 Å². The lowest BCUT2D eigenvalue weighted by Crippen LogP contribution is -1.99. The Morgan fingerprint density at radius 3 is 3.14 bits per heavy atom. The minimum atomic E-state index is 0.480. The lowest BCUT2D eigenvalue weighted by Gasteiger charge is -1.97. The zero-order valence-electron chi connectivity index (χ0n) is 7.64. The van der Waals surface area contributed by atoms with Gasteiger partial charge in [-0.2, -0.15) is 0 Å². The molecule has 1 fully saturated rings. The Morgan fingerprint density at radius 1 is 1.64 bits per heavy atom. The van der Waals surface area contributed by atoms with E-state index in [9.17, 15) is 0 Å². The van der Waals surface area contributed by atoms with Crippen molar-refractivity contribution in [3.8, 4) is 0 Å². The van der Waals surface area contributed by atoms with E-state index in [0.29, 0.717) is 22.1 Å². The lowest BCUT2D eigenvalue weighted by atomic mass is 10.5. The van der Waals surface area contributed by atoms with Crippen LogP contribution in [0, 0.1) is 10.6 Å². The molecule has 2 heterocycles. The highest BCUT2D eigenvalue weighted by molar-refractivity contribution is 7.71. The van der Waals surface area contributed by atoms with Crippen molar-refractivity contribution in [2.24, 2.45) is 5.92 Å². The number of aromatic amines is 1. The molecule has 2 atom stereocenters. The van der Waals surface area contributed by atoms with Crippen LogP contribution in [0.2, 0.25) is 0 Å². The first-order chi connectivity index (χ1) is 6.77. The normalized spacial score (nSPS) is 25.5. The molecule has 0 saturated heterocycles. The van der Waals surface area contributed by atoms with Crippen LogP contribution in [0.4, 0.5) is 0 Å². The molecule has 0 radical (unpaired) electrons. The molecule has 0 bridgehead atoms. The molecule has 0 spiro atoms.